The first kappa shape index (κ1) is 10.0. The Morgan fingerprint density at radius 1 is 1.50 bits per heavy atom. The Morgan fingerprint density at radius 3 is 2.67 bits per heavy atom. The molecule has 1 heterocycles. The number of rotatable bonds is 2. The van der Waals surface area contributed by atoms with Crippen LogP contribution in [-0.2, 0) is 0 Å². The first-order valence-corrected chi connectivity index (χ1v) is 5.03. The molecule has 0 amide bonds. The van der Waals surface area contributed by atoms with E-state index in [1.165, 1.54) is 0 Å². The van der Waals surface area contributed by atoms with Crippen LogP contribution < -0.4 is 0 Å². The largest absolute Gasteiger partial charge is 0.388 e. The second-order valence-corrected chi connectivity index (χ2v) is 4.23. The summed E-state index contributed by atoms with van der Waals surface area (Å²) < 4.78 is 0. The topological polar surface area (TPSA) is 23.5 Å². The summed E-state index contributed by atoms with van der Waals surface area (Å²) in [6, 6.07) is 0. The van der Waals surface area contributed by atoms with E-state index >= 15 is 0 Å². The Balaban J connectivity index is 2.54. The number of aliphatic hydroxyl groups is 1. The van der Waals surface area contributed by atoms with Crippen LogP contribution >= 0.6 is 0 Å². The molecule has 2 heteroatoms. The van der Waals surface area contributed by atoms with E-state index in [1.807, 2.05) is 0 Å². The Kier molecular flexibility index (Phi) is 3.13. The Morgan fingerprint density at radius 2 is 2.17 bits per heavy atom. The van der Waals surface area contributed by atoms with Gasteiger partial charge in [-0.1, -0.05) is 20.8 Å². The average molecular weight is 171 g/mol. The van der Waals surface area contributed by atoms with Gasteiger partial charge in [-0.05, 0) is 31.8 Å². The summed E-state index contributed by atoms with van der Waals surface area (Å²) in [4.78, 5) is 2.34. The molecule has 1 atom stereocenters. The summed E-state index contributed by atoms with van der Waals surface area (Å²) in [5, 5.41) is 10.2. The highest BCUT2D eigenvalue weighted by Crippen LogP contribution is 2.27. The SMILES string of the molecule is CCN1CCC[C@](O)(C(C)C)C1. The summed E-state index contributed by atoms with van der Waals surface area (Å²) >= 11 is 0. The maximum absolute atomic E-state index is 10.2. The average Bonchev–Trinajstić information content (AvgIpc) is 2.04. The van der Waals surface area contributed by atoms with Crippen molar-refractivity contribution in [1.29, 1.82) is 0 Å². The van der Waals surface area contributed by atoms with Crippen LogP contribution in [0.3, 0.4) is 0 Å². The van der Waals surface area contributed by atoms with Crippen LogP contribution in [-0.4, -0.2) is 35.2 Å². The first-order valence-electron chi connectivity index (χ1n) is 5.03. The van der Waals surface area contributed by atoms with Crippen LogP contribution in [0, 0.1) is 5.92 Å². The van der Waals surface area contributed by atoms with Crippen LogP contribution in [0.15, 0.2) is 0 Å². The highest BCUT2D eigenvalue weighted by atomic mass is 16.3. The summed E-state index contributed by atoms with van der Waals surface area (Å²) in [7, 11) is 0. The molecule has 72 valence electrons. The molecule has 0 bridgehead atoms. The molecule has 0 aromatic rings. The standard InChI is InChI=1S/C10H21NO/c1-4-11-7-5-6-10(12,8-11)9(2)3/h9,12H,4-8H2,1-3H3/t10-/m1/s1. The lowest BCUT2D eigenvalue weighted by molar-refractivity contribution is -0.0633. The first-order chi connectivity index (χ1) is 5.58. The van der Waals surface area contributed by atoms with Crippen molar-refractivity contribution >= 4 is 0 Å². The second-order valence-electron chi connectivity index (χ2n) is 4.23. The zero-order valence-electron chi connectivity index (χ0n) is 8.51. The molecular weight excluding hydrogens is 150 g/mol. The number of nitrogens with zero attached hydrogens (tertiary/aromatic N) is 1. The molecule has 1 N–H and O–H groups in total. The molecule has 0 radical (unpaired) electrons. The molecule has 0 aromatic heterocycles. The molecule has 1 aliphatic rings. The third-order valence-corrected chi connectivity index (χ3v) is 3.10. The molecule has 0 aromatic carbocycles. The third-order valence-electron chi connectivity index (χ3n) is 3.10. The van der Waals surface area contributed by atoms with Crippen LogP contribution in [0.25, 0.3) is 0 Å². The number of likely N-dealkylation sites (tertiary alicyclic amines) is 1. The number of hydrogen-bond donors (Lipinski definition) is 1. The lowest BCUT2D eigenvalue weighted by Crippen LogP contribution is -2.51. The molecule has 12 heavy (non-hydrogen) atoms. The predicted octanol–water partition coefficient (Wildman–Crippen LogP) is 1.49. The second kappa shape index (κ2) is 3.75. The maximum Gasteiger partial charge on any atom is 0.0797 e. The zero-order valence-corrected chi connectivity index (χ0v) is 8.51. The number of piperidine rings is 1. The van der Waals surface area contributed by atoms with Crippen molar-refractivity contribution in [2.45, 2.75) is 39.2 Å². The van der Waals surface area contributed by atoms with E-state index in [0.717, 1.165) is 32.5 Å². The molecular formula is C10H21NO. The molecule has 0 spiro atoms. The van der Waals surface area contributed by atoms with Gasteiger partial charge in [-0.2, -0.15) is 0 Å². The van der Waals surface area contributed by atoms with Gasteiger partial charge in [0.15, 0.2) is 0 Å². The minimum atomic E-state index is -0.422. The summed E-state index contributed by atoms with van der Waals surface area (Å²) in [5.41, 5.74) is -0.422. The quantitative estimate of drug-likeness (QED) is 0.680. The van der Waals surface area contributed by atoms with Crippen LogP contribution in [0.1, 0.15) is 33.6 Å². The number of likely N-dealkylation sites (N-methyl/N-ethyl adjacent to an activating group) is 1. The molecule has 2 nitrogen and oxygen atoms in total. The third kappa shape index (κ3) is 1.99. The van der Waals surface area contributed by atoms with Crippen molar-refractivity contribution in [3.8, 4) is 0 Å². The highest BCUT2D eigenvalue weighted by Gasteiger charge is 2.35. The van der Waals surface area contributed by atoms with Crippen molar-refractivity contribution in [1.82, 2.24) is 4.90 Å². The van der Waals surface area contributed by atoms with Gasteiger partial charge in [0.2, 0.25) is 0 Å². The van der Waals surface area contributed by atoms with Gasteiger partial charge < -0.3 is 10.0 Å². The molecule has 0 unspecified atom stereocenters. The number of hydrogen-bond acceptors (Lipinski definition) is 2. The van der Waals surface area contributed by atoms with E-state index in [-0.39, 0.29) is 0 Å². The van der Waals surface area contributed by atoms with E-state index in [4.69, 9.17) is 0 Å². The fourth-order valence-corrected chi connectivity index (χ4v) is 1.90. The Bertz CT molecular complexity index is 147. The molecule has 0 saturated carbocycles. The van der Waals surface area contributed by atoms with E-state index in [1.54, 1.807) is 0 Å². The van der Waals surface area contributed by atoms with Gasteiger partial charge in [-0.25, -0.2) is 0 Å². The zero-order chi connectivity index (χ0) is 9.19. The summed E-state index contributed by atoms with van der Waals surface area (Å²) in [5.74, 6) is 0.381. The van der Waals surface area contributed by atoms with Crippen LogP contribution in [0.4, 0.5) is 0 Å². The van der Waals surface area contributed by atoms with E-state index in [2.05, 4.69) is 25.7 Å². The summed E-state index contributed by atoms with van der Waals surface area (Å²) in [6.07, 6.45) is 2.11. The van der Waals surface area contributed by atoms with Gasteiger partial charge in [0.25, 0.3) is 0 Å². The Hall–Kier alpha value is -0.0800. The molecule has 0 aliphatic carbocycles. The van der Waals surface area contributed by atoms with Crippen molar-refractivity contribution < 1.29 is 5.11 Å². The number of β-amino-alcohol motifs (C(OH)–C–C–N with tert-alkyl or cyclic N) is 1. The van der Waals surface area contributed by atoms with Gasteiger partial charge in [-0.15, -0.1) is 0 Å². The van der Waals surface area contributed by atoms with E-state index in [9.17, 15) is 5.11 Å². The molecule has 1 fully saturated rings. The van der Waals surface area contributed by atoms with Crippen LogP contribution in [0.5, 0.6) is 0 Å². The van der Waals surface area contributed by atoms with Crippen molar-refractivity contribution in [2.75, 3.05) is 19.6 Å². The fourth-order valence-electron chi connectivity index (χ4n) is 1.90. The van der Waals surface area contributed by atoms with Gasteiger partial charge >= 0.3 is 0 Å². The van der Waals surface area contributed by atoms with E-state index < -0.39 is 5.60 Å². The van der Waals surface area contributed by atoms with Crippen LogP contribution in [0.2, 0.25) is 0 Å². The van der Waals surface area contributed by atoms with Crippen molar-refractivity contribution in [3.63, 3.8) is 0 Å². The van der Waals surface area contributed by atoms with E-state index in [0.29, 0.717) is 5.92 Å². The maximum atomic E-state index is 10.2. The minimum absolute atomic E-state index is 0.381. The normalized spacial score (nSPS) is 32.8. The van der Waals surface area contributed by atoms with Gasteiger partial charge in [-0.3, -0.25) is 0 Å². The van der Waals surface area contributed by atoms with Crippen molar-refractivity contribution in [3.05, 3.63) is 0 Å². The predicted molar refractivity (Wildman–Crippen MR) is 51.1 cm³/mol. The minimum Gasteiger partial charge on any atom is -0.388 e. The summed E-state index contributed by atoms with van der Waals surface area (Å²) in [6.45, 7) is 9.46. The van der Waals surface area contributed by atoms with Gasteiger partial charge in [0.05, 0.1) is 5.60 Å². The molecule has 1 rings (SSSR count). The molecule has 1 aliphatic heterocycles. The van der Waals surface area contributed by atoms with Crippen molar-refractivity contribution in [2.24, 2.45) is 5.92 Å². The fraction of sp³-hybridized carbons (Fsp3) is 1.00. The van der Waals surface area contributed by atoms with Gasteiger partial charge in [0.1, 0.15) is 0 Å². The highest BCUT2D eigenvalue weighted by molar-refractivity contribution is 4.88. The smallest absolute Gasteiger partial charge is 0.0797 e. The Labute approximate surface area is 75.6 Å². The lowest BCUT2D eigenvalue weighted by Gasteiger charge is -2.41. The van der Waals surface area contributed by atoms with Gasteiger partial charge in [0, 0.05) is 6.54 Å². The monoisotopic (exact) mass is 171 g/mol. The lowest BCUT2D eigenvalue weighted by atomic mass is 9.83. The molecule has 1 saturated heterocycles.